The summed E-state index contributed by atoms with van der Waals surface area (Å²) in [6.07, 6.45) is 4.14. The van der Waals surface area contributed by atoms with Crippen molar-refractivity contribution in [3.8, 4) is 6.07 Å². The fraction of sp³-hybridized carbons (Fsp3) is 0.250. The van der Waals surface area contributed by atoms with E-state index < -0.39 is 0 Å². The molecule has 15 heavy (non-hydrogen) atoms. The molecule has 0 saturated carbocycles. The first-order chi connectivity index (χ1) is 7.28. The monoisotopic (exact) mass is 199 g/mol. The van der Waals surface area contributed by atoms with Crippen LogP contribution in [0.1, 0.15) is 11.1 Å². The summed E-state index contributed by atoms with van der Waals surface area (Å²) in [6.45, 7) is 1.83. The van der Waals surface area contributed by atoms with E-state index in [0.717, 1.165) is 13.2 Å². The Balaban J connectivity index is 2.00. The molecule has 1 aliphatic heterocycles. The van der Waals surface area contributed by atoms with Gasteiger partial charge in [-0.05, 0) is 17.7 Å². The van der Waals surface area contributed by atoms with Crippen LogP contribution in [0.25, 0.3) is 0 Å². The first kappa shape index (κ1) is 9.60. The maximum absolute atomic E-state index is 8.67. The molecule has 0 unspecified atom stereocenters. The number of hydrogen-bond donors (Lipinski definition) is 0. The largest absolute Gasteiger partial charge is 0.362 e. The lowest BCUT2D eigenvalue weighted by Gasteiger charge is -2.17. The first-order valence-corrected chi connectivity index (χ1v) is 4.89. The Kier molecular flexibility index (Phi) is 2.59. The minimum absolute atomic E-state index is 0.716. The zero-order chi connectivity index (χ0) is 10.7. The standard InChI is InChI=1S/C12H13N3/c1-14-6-7-15(10-14)9-12-4-2-11(8-13)3-5-12/h2-7H,9-10H2,1H3. The highest BCUT2D eigenvalue weighted by molar-refractivity contribution is 5.31. The van der Waals surface area contributed by atoms with Gasteiger partial charge in [0, 0.05) is 26.0 Å². The highest BCUT2D eigenvalue weighted by Crippen LogP contribution is 2.11. The molecule has 1 aromatic carbocycles. The van der Waals surface area contributed by atoms with Crippen LogP contribution in [0.3, 0.4) is 0 Å². The van der Waals surface area contributed by atoms with Crippen molar-refractivity contribution in [1.82, 2.24) is 9.80 Å². The molecule has 3 nitrogen and oxygen atoms in total. The summed E-state index contributed by atoms with van der Waals surface area (Å²) in [5.74, 6) is 0. The van der Waals surface area contributed by atoms with Crippen molar-refractivity contribution in [2.75, 3.05) is 13.7 Å². The molecular formula is C12H13N3. The Morgan fingerprint density at radius 1 is 1.27 bits per heavy atom. The number of nitriles is 1. The van der Waals surface area contributed by atoms with Gasteiger partial charge in [0.05, 0.1) is 18.3 Å². The third kappa shape index (κ3) is 2.29. The quantitative estimate of drug-likeness (QED) is 0.726. The first-order valence-electron chi connectivity index (χ1n) is 4.89. The second-order valence-electron chi connectivity index (χ2n) is 3.75. The van der Waals surface area contributed by atoms with Crippen LogP contribution >= 0.6 is 0 Å². The van der Waals surface area contributed by atoms with E-state index >= 15 is 0 Å². The van der Waals surface area contributed by atoms with E-state index in [1.54, 1.807) is 0 Å². The van der Waals surface area contributed by atoms with E-state index in [1.165, 1.54) is 5.56 Å². The van der Waals surface area contributed by atoms with Crippen molar-refractivity contribution in [2.45, 2.75) is 6.54 Å². The summed E-state index contributed by atoms with van der Waals surface area (Å²) < 4.78 is 0. The van der Waals surface area contributed by atoms with Gasteiger partial charge in [0.1, 0.15) is 0 Å². The van der Waals surface area contributed by atoms with Gasteiger partial charge in [-0.1, -0.05) is 12.1 Å². The van der Waals surface area contributed by atoms with Crippen LogP contribution in [-0.2, 0) is 6.54 Å². The molecule has 3 heteroatoms. The van der Waals surface area contributed by atoms with Gasteiger partial charge in [-0.15, -0.1) is 0 Å². The summed E-state index contributed by atoms with van der Waals surface area (Å²) >= 11 is 0. The Morgan fingerprint density at radius 2 is 2.00 bits per heavy atom. The van der Waals surface area contributed by atoms with Crippen LogP contribution in [0.15, 0.2) is 36.7 Å². The number of rotatable bonds is 2. The lowest BCUT2D eigenvalue weighted by atomic mass is 10.1. The molecule has 2 rings (SSSR count). The summed E-state index contributed by atoms with van der Waals surface area (Å²) in [7, 11) is 2.05. The van der Waals surface area contributed by atoms with Gasteiger partial charge in [-0.3, -0.25) is 0 Å². The predicted octanol–water partition coefficient (Wildman–Crippen LogP) is 1.73. The maximum atomic E-state index is 8.67. The van der Waals surface area contributed by atoms with Crippen LogP contribution < -0.4 is 0 Å². The Hall–Kier alpha value is -1.95. The molecule has 0 spiro atoms. The fourth-order valence-corrected chi connectivity index (χ4v) is 1.61. The molecule has 76 valence electrons. The molecule has 0 fully saturated rings. The average molecular weight is 199 g/mol. The Morgan fingerprint density at radius 3 is 2.53 bits per heavy atom. The van der Waals surface area contributed by atoms with Crippen LogP contribution in [0.5, 0.6) is 0 Å². The molecule has 0 atom stereocenters. The molecular weight excluding hydrogens is 186 g/mol. The third-order valence-electron chi connectivity index (χ3n) is 2.41. The van der Waals surface area contributed by atoms with E-state index in [9.17, 15) is 0 Å². The normalized spacial score (nSPS) is 14.4. The van der Waals surface area contributed by atoms with Gasteiger partial charge in [-0.2, -0.15) is 5.26 Å². The second-order valence-corrected chi connectivity index (χ2v) is 3.75. The highest BCUT2D eigenvalue weighted by atomic mass is 15.3. The van der Waals surface area contributed by atoms with Crippen LogP contribution in [0, 0.1) is 11.3 Å². The minimum atomic E-state index is 0.716. The van der Waals surface area contributed by atoms with Gasteiger partial charge in [0.15, 0.2) is 0 Å². The fourth-order valence-electron chi connectivity index (χ4n) is 1.61. The molecule has 0 saturated heterocycles. The minimum Gasteiger partial charge on any atom is -0.362 e. The van der Waals surface area contributed by atoms with Gasteiger partial charge in [-0.25, -0.2) is 0 Å². The van der Waals surface area contributed by atoms with Gasteiger partial charge in [0.25, 0.3) is 0 Å². The summed E-state index contributed by atoms with van der Waals surface area (Å²) in [5.41, 5.74) is 1.95. The van der Waals surface area contributed by atoms with Crippen molar-refractivity contribution >= 4 is 0 Å². The zero-order valence-electron chi connectivity index (χ0n) is 8.72. The molecule has 0 aromatic heterocycles. The molecule has 0 bridgehead atoms. The Bertz CT molecular complexity index is 400. The van der Waals surface area contributed by atoms with Gasteiger partial charge in [0.2, 0.25) is 0 Å². The number of benzene rings is 1. The molecule has 0 amide bonds. The lowest BCUT2D eigenvalue weighted by Crippen LogP contribution is -2.21. The average Bonchev–Trinajstić information content (AvgIpc) is 2.65. The van der Waals surface area contributed by atoms with E-state index in [1.807, 2.05) is 24.3 Å². The molecule has 1 aromatic rings. The summed E-state index contributed by atoms with van der Waals surface area (Å²) in [4.78, 5) is 4.35. The van der Waals surface area contributed by atoms with Gasteiger partial charge >= 0.3 is 0 Å². The van der Waals surface area contributed by atoms with Crippen molar-refractivity contribution < 1.29 is 0 Å². The second kappa shape index (κ2) is 4.05. The number of hydrogen-bond acceptors (Lipinski definition) is 3. The van der Waals surface area contributed by atoms with Crippen molar-refractivity contribution in [2.24, 2.45) is 0 Å². The van der Waals surface area contributed by atoms with E-state index in [0.29, 0.717) is 5.56 Å². The smallest absolute Gasteiger partial charge is 0.0991 e. The summed E-state index contributed by atoms with van der Waals surface area (Å²) in [5, 5.41) is 8.67. The highest BCUT2D eigenvalue weighted by Gasteiger charge is 2.08. The van der Waals surface area contributed by atoms with Crippen molar-refractivity contribution in [3.05, 3.63) is 47.8 Å². The predicted molar refractivity (Wildman–Crippen MR) is 58.5 cm³/mol. The SMILES string of the molecule is CN1C=CN(Cc2ccc(C#N)cc2)C1. The molecule has 0 radical (unpaired) electrons. The molecule has 0 N–H and O–H groups in total. The third-order valence-corrected chi connectivity index (χ3v) is 2.41. The Labute approximate surface area is 89.8 Å². The zero-order valence-corrected chi connectivity index (χ0v) is 8.72. The number of nitrogens with zero attached hydrogens (tertiary/aromatic N) is 3. The molecule has 1 aliphatic rings. The van der Waals surface area contributed by atoms with Gasteiger partial charge < -0.3 is 9.80 Å². The van der Waals surface area contributed by atoms with Crippen molar-refractivity contribution in [1.29, 1.82) is 5.26 Å². The topological polar surface area (TPSA) is 30.3 Å². The van der Waals surface area contributed by atoms with E-state index in [4.69, 9.17) is 5.26 Å². The van der Waals surface area contributed by atoms with Crippen molar-refractivity contribution in [3.63, 3.8) is 0 Å². The van der Waals surface area contributed by atoms with Crippen LogP contribution in [0.4, 0.5) is 0 Å². The maximum Gasteiger partial charge on any atom is 0.0991 e. The lowest BCUT2D eigenvalue weighted by molar-refractivity contribution is 0.291. The molecule has 1 heterocycles. The van der Waals surface area contributed by atoms with E-state index in [-0.39, 0.29) is 0 Å². The van der Waals surface area contributed by atoms with E-state index in [2.05, 4.69) is 35.3 Å². The molecule has 0 aliphatic carbocycles. The van der Waals surface area contributed by atoms with Crippen LogP contribution in [-0.4, -0.2) is 23.5 Å². The van der Waals surface area contributed by atoms with Crippen LogP contribution in [0.2, 0.25) is 0 Å². The summed E-state index contributed by atoms with van der Waals surface area (Å²) in [6, 6.07) is 9.85.